The van der Waals surface area contributed by atoms with Crippen LogP contribution in [0.5, 0.6) is 0 Å². The lowest BCUT2D eigenvalue weighted by atomic mass is 10.0. The second kappa shape index (κ2) is 4.50. The van der Waals surface area contributed by atoms with Crippen LogP contribution >= 0.6 is 0 Å². The highest BCUT2D eigenvalue weighted by atomic mass is 16.3. The molecule has 2 aromatic heterocycles. The van der Waals surface area contributed by atoms with E-state index >= 15 is 0 Å². The Balaban J connectivity index is 2.15. The van der Waals surface area contributed by atoms with Crippen molar-refractivity contribution in [3.8, 4) is 0 Å². The van der Waals surface area contributed by atoms with Crippen molar-refractivity contribution in [2.24, 2.45) is 0 Å². The van der Waals surface area contributed by atoms with Crippen LogP contribution in [0.25, 0.3) is 10.8 Å². The van der Waals surface area contributed by atoms with Crippen molar-refractivity contribution in [3.05, 3.63) is 66.5 Å². The fourth-order valence-electron chi connectivity index (χ4n) is 1.97. The lowest BCUT2D eigenvalue weighted by Crippen LogP contribution is -2.03. The SMILES string of the molecule is OC(c1cnccn1)c1cncc2ccccc12. The zero-order valence-electron chi connectivity index (χ0n) is 9.56. The van der Waals surface area contributed by atoms with Gasteiger partial charge < -0.3 is 5.11 Å². The summed E-state index contributed by atoms with van der Waals surface area (Å²) >= 11 is 0. The van der Waals surface area contributed by atoms with E-state index in [1.807, 2.05) is 24.3 Å². The summed E-state index contributed by atoms with van der Waals surface area (Å²) in [5.74, 6) is 0. The van der Waals surface area contributed by atoms with Gasteiger partial charge in [0.2, 0.25) is 0 Å². The fraction of sp³-hybridized carbons (Fsp3) is 0.0714. The van der Waals surface area contributed by atoms with Crippen LogP contribution in [0.1, 0.15) is 17.4 Å². The second-order valence-corrected chi connectivity index (χ2v) is 3.98. The monoisotopic (exact) mass is 237 g/mol. The van der Waals surface area contributed by atoms with E-state index in [2.05, 4.69) is 15.0 Å². The maximum atomic E-state index is 10.3. The molecule has 3 rings (SSSR count). The van der Waals surface area contributed by atoms with Crippen molar-refractivity contribution in [1.29, 1.82) is 0 Å². The van der Waals surface area contributed by atoms with E-state index < -0.39 is 6.10 Å². The highest BCUT2D eigenvalue weighted by Crippen LogP contribution is 2.26. The molecule has 0 bridgehead atoms. The summed E-state index contributed by atoms with van der Waals surface area (Å²) in [6.07, 6.45) is 7.35. The Labute approximate surface area is 104 Å². The molecule has 0 spiro atoms. The third-order valence-electron chi connectivity index (χ3n) is 2.86. The van der Waals surface area contributed by atoms with Crippen molar-refractivity contribution >= 4 is 10.8 Å². The number of hydrogen-bond donors (Lipinski definition) is 1. The molecule has 0 aliphatic carbocycles. The summed E-state index contributed by atoms with van der Waals surface area (Å²) in [7, 11) is 0. The Morgan fingerprint density at radius 1 is 0.944 bits per heavy atom. The summed E-state index contributed by atoms with van der Waals surface area (Å²) in [5.41, 5.74) is 1.27. The molecule has 0 fully saturated rings. The molecule has 0 aliphatic rings. The summed E-state index contributed by atoms with van der Waals surface area (Å²) < 4.78 is 0. The highest BCUT2D eigenvalue weighted by Gasteiger charge is 2.14. The minimum Gasteiger partial charge on any atom is -0.382 e. The maximum Gasteiger partial charge on any atom is 0.125 e. The van der Waals surface area contributed by atoms with E-state index in [0.717, 1.165) is 16.3 Å². The van der Waals surface area contributed by atoms with E-state index in [4.69, 9.17) is 0 Å². The van der Waals surface area contributed by atoms with Crippen LogP contribution in [0, 0.1) is 0 Å². The van der Waals surface area contributed by atoms with Crippen LogP contribution < -0.4 is 0 Å². The van der Waals surface area contributed by atoms with Crippen molar-refractivity contribution < 1.29 is 5.11 Å². The molecule has 4 heteroatoms. The van der Waals surface area contributed by atoms with Gasteiger partial charge in [-0.25, -0.2) is 0 Å². The molecule has 0 saturated heterocycles. The fourth-order valence-corrected chi connectivity index (χ4v) is 1.97. The minimum absolute atomic E-state index is 0.524. The van der Waals surface area contributed by atoms with Gasteiger partial charge in [-0.2, -0.15) is 0 Å². The molecule has 3 aromatic rings. The average Bonchev–Trinajstić information content (AvgIpc) is 2.47. The predicted octanol–water partition coefficient (Wildman–Crippen LogP) is 2.11. The molecule has 88 valence electrons. The van der Waals surface area contributed by atoms with Crippen LogP contribution in [0.2, 0.25) is 0 Å². The van der Waals surface area contributed by atoms with Gasteiger partial charge in [-0.1, -0.05) is 24.3 Å². The van der Waals surface area contributed by atoms with Gasteiger partial charge in [0.15, 0.2) is 0 Å². The van der Waals surface area contributed by atoms with Gasteiger partial charge in [0.1, 0.15) is 6.10 Å². The van der Waals surface area contributed by atoms with Gasteiger partial charge in [0.05, 0.1) is 11.9 Å². The topological polar surface area (TPSA) is 58.9 Å². The highest BCUT2D eigenvalue weighted by molar-refractivity contribution is 5.85. The first-order valence-electron chi connectivity index (χ1n) is 5.63. The number of hydrogen-bond acceptors (Lipinski definition) is 4. The minimum atomic E-state index is -0.808. The number of fused-ring (bicyclic) bond motifs is 1. The molecule has 4 nitrogen and oxygen atoms in total. The average molecular weight is 237 g/mol. The Kier molecular flexibility index (Phi) is 2.70. The van der Waals surface area contributed by atoms with E-state index in [0.29, 0.717) is 5.69 Å². The third kappa shape index (κ3) is 1.83. The van der Waals surface area contributed by atoms with E-state index in [1.165, 1.54) is 0 Å². The van der Waals surface area contributed by atoms with Gasteiger partial charge in [0, 0.05) is 35.7 Å². The lowest BCUT2D eigenvalue weighted by Gasteiger charge is -2.12. The molecule has 1 unspecified atom stereocenters. The molecule has 0 radical (unpaired) electrons. The van der Waals surface area contributed by atoms with Crippen molar-refractivity contribution in [1.82, 2.24) is 15.0 Å². The number of aromatic nitrogens is 3. The van der Waals surface area contributed by atoms with Crippen molar-refractivity contribution in [3.63, 3.8) is 0 Å². The van der Waals surface area contributed by atoms with E-state index in [9.17, 15) is 5.11 Å². The number of nitrogens with zero attached hydrogens (tertiary/aromatic N) is 3. The first-order chi connectivity index (χ1) is 8.86. The predicted molar refractivity (Wildman–Crippen MR) is 67.8 cm³/mol. The molecule has 18 heavy (non-hydrogen) atoms. The molecule has 0 aliphatic heterocycles. The number of pyridine rings is 1. The number of aliphatic hydroxyl groups is 1. The Bertz CT molecular complexity index is 665. The summed E-state index contributed by atoms with van der Waals surface area (Å²) in [6, 6.07) is 7.82. The smallest absolute Gasteiger partial charge is 0.125 e. The van der Waals surface area contributed by atoms with Gasteiger partial charge in [-0.3, -0.25) is 15.0 Å². The molecular weight excluding hydrogens is 226 g/mol. The first kappa shape index (κ1) is 10.8. The first-order valence-corrected chi connectivity index (χ1v) is 5.63. The zero-order valence-corrected chi connectivity index (χ0v) is 9.56. The quantitative estimate of drug-likeness (QED) is 0.741. The molecule has 2 heterocycles. The van der Waals surface area contributed by atoms with Gasteiger partial charge in [-0.15, -0.1) is 0 Å². The molecular formula is C14H11N3O. The lowest BCUT2D eigenvalue weighted by molar-refractivity contribution is 0.216. The summed E-state index contributed by atoms with van der Waals surface area (Å²) in [5, 5.41) is 12.3. The standard InChI is InChI=1S/C14H11N3O/c18-14(13-9-15-5-6-17-13)12-8-16-7-10-3-1-2-4-11(10)12/h1-9,14,18H. The Morgan fingerprint density at radius 3 is 2.67 bits per heavy atom. The van der Waals surface area contributed by atoms with Gasteiger partial charge >= 0.3 is 0 Å². The van der Waals surface area contributed by atoms with Crippen LogP contribution in [0.15, 0.2) is 55.2 Å². The van der Waals surface area contributed by atoms with Crippen LogP contribution in [0.3, 0.4) is 0 Å². The zero-order chi connectivity index (χ0) is 12.4. The third-order valence-corrected chi connectivity index (χ3v) is 2.86. The molecule has 0 saturated carbocycles. The normalized spacial score (nSPS) is 12.5. The number of aliphatic hydroxyl groups excluding tert-OH is 1. The Hall–Kier alpha value is -2.33. The van der Waals surface area contributed by atoms with Crippen molar-refractivity contribution in [2.45, 2.75) is 6.10 Å². The van der Waals surface area contributed by atoms with Crippen molar-refractivity contribution in [2.75, 3.05) is 0 Å². The van der Waals surface area contributed by atoms with Crippen LogP contribution in [0.4, 0.5) is 0 Å². The van der Waals surface area contributed by atoms with Crippen LogP contribution in [-0.2, 0) is 0 Å². The summed E-state index contributed by atoms with van der Waals surface area (Å²) in [6.45, 7) is 0. The molecule has 0 amide bonds. The molecule has 1 atom stereocenters. The summed E-state index contributed by atoms with van der Waals surface area (Å²) in [4.78, 5) is 12.2. The van der Waals surface area contributed by atoms with Gasteiger partial charge in [-0.05, 0) is 5.39 Å². The molecule has 1 N–H and O–H groups in total. The van der Waals surface area contributed by atoms with Crippen LogP contribution in [-0.4, -0.2) is 20.1 Å². The number of rotatable bonds is 2. The Morgan fingerprint density at radius 2 is 1.83 bits per heavy atom. The number of benzene rings is 1. The van der Waals surface area contributed by atoms with Gasteiger partial charge in [0.25, 0.3) is 0 Å². The van der Waals surface area contributed by atoms with E-state index in [1.54, 1.807) is 31.0 Å². The second-order valence-electron chi connectivity index (χ2n) is 3.98. The molecule has 1 aromatic carbocycles. The van der Waals surface area contributed by atoms with E-state index in [-0.39, 0.29) is 0 Å². The maximum absolute atomic E-state index is 10.3. The largest absolute Gasteiger partial charge is 0.382 e.